The molecule has 17 heavy (non-hydrogen) atoms. The van der Waals surface area contributed by atoms with Gasteiger partial charge in [-0.25, -0.2) is 0 Å². The number of nitrogens with one attached hydrogen (secondary N) is 1. The zero-order valence-electron chi connectivity index (χ0n) is 9.44. The van der Waals surface area contributed by atoms with Crippen LogP contribution in [0, 0.1) is 6.92 Å². The highest BCUT2D eigenvalue weighted by Crippen LogP contribution is 2.16. The topological polar surface area (TPSA) is 59.8 Å². The highest BCUT2D eigenvalue weighted by atomic mass is 35.5. The Hall–Kier alpha value is -1.88. The first-order valence-corrected chi connectivity index (χ1v) is 5.37. The van der Waals surface area contributed by atoms with Crippen molar-refractivity contribution >= 4 is 23.3 Å². The molecule has 1 amide bonds. The molecule has 0 aliphatic rings. The first-order valence-electron chi connectivity index (χ1n) is 4.99. The Balaban J connectivity index is 2.20. The van der Waals surface area contributed by atoms with Crippen molar-refractivity contribution in [1.82, 2.24) is 14.8 Å². The van der Waals surface area contributed by atoms with E-state index in [1.807, 2.05) is 6.92 Å². The first kappa shape index (κ1) is 11.6. The fourth-order valence-electron chi connectivity index (χ4n) is 1.36. The molecule has 2 heterocycles. The number of aromatic nitrogens is 3. The molecule has 0 unspecified atom stereocenters. The molecule has 0 bridgehead atoms. The highest BCUT2D eigenvalue weighted by molar-refractivity contribution is 6.34. The number of carbonyl (C=O) groups is 1. The number of halogens is 1. The maximum absolute atomic E-state index is 11.9. The quantitative estimate of drug-likeness (QED) is 0.887. The van der Waals surface area contributed by atoms with E-state index in [1.54, 1.807) is 30.1 Å². The first-order chi connectivity index (χ1) is 8.06. The molecule has 0 saturated carbocycles. The molecule has 0 aromatic carbocycles. The second-order valence-electron chi connectivity index (χ2n) is 3.63. The maximum atomic E-state index is 11.9. The largest absolute Gasteiger partial charge is 0.305 e. The van der Waals surface area contributed by atoms with Crippen molar-refractivity contribution in [3.63, 3.8) is 0 Å². The third-order valence-corrected chi connectivity index (χ3v) is 2.50. The monoisotopic (exact) mass is 250 g/mol. The standard InChI is InChI=1S/C11H11ClN4O/c1-7-5-9(12)8(6-13-7)11(17)14-10-3-4-16(2)15-10/h3-6H,1-2H3,(H,14,15,17). The van der Waals surface area contributed by atoms with Crippen LogP contribution >= 0.6 is 11.6 Å². The van der Waals surface area contributed by atoms with Crippen LogP contribution in [0.3, 0.4) is 0 Å². The molecule has 0 fully saturated rings. The summed E-state index contributed by atoms with van der Waals surface area (Å²) >= 11 is 5.97. The number of amides is 1. The number of pyridine rings is 1. The predicted molar refractivity (Wildman–Crippen MR) is 65.1 cm³/mol. The summed E-state index contributed by atoms with van der Waals surface area (Å²) in [5.41, 5.74) is 1.10. The van der Waals surface area contributed by atoms with Gasteiger partial charge in [0.15, 0.2) is 5.82 Å². The van der Waals surface area contributed by atoms with Crippen LogP contribution in [0.15, 0.2) is 24.5 Å². The average Bonchev–Trinajstić information content (AvgIpc) is 2.63. The van der Waals surface area contributed by atoms with Crippen LogP contribution in [-0.4, -0.2) is 20.7 Å². The molecule has 2 aromatic rings. The minimum absolute atomic E-state index is 0.318. The van der Waals surface area contributed by atoms with Gasteiger partial charge in [-0.05, 0) is 13.0 Å². The Morgan fingerprint density at radius 2 is 2.29 bits per heavy atom. The molecule has 6 heteroatoms. The second kappa shape index (κ2) is 4.55. The lowest BCUT2D eigenvalue weighted by molar-refractivity contribution is 0.102. The van der Waals surface area contributed by atoms with Crippen LogP contribution in [0.2, 0.25) is 5.02 Å². The lowest BCUT2D eigenvalue weighted by Crippen LogP contribution is -2.13. The van der Waals surface area contributed by atoms with E-state index in [-0.39, 0.29) is 5.91 Å². The number of hydrogen-bond donors (Lipinski definition) is 1. The van der Waals surface area contributed by atoms with Gasteiger partial charge >= 0.3 is 0 Å². The van der Waals surface area contributed by atoms with E-state index < -0.39 is 0 Å². The predicted octanol–water partition coefficient (Wildman–Crippen LogP) is 2.03. The van der Waals surface area contributed by atoms with E-state index in [9.17, 15) is 4.79 Å². The van der Waals surface area contributed by atoms with Crippen molar-refractivity contribution in [1.29, 1.82) is 0 Å². The van der Waals surface area contributed by atoms with E-state index in [0.717, 1.165) is 5.69 Å². The number of aryl methyl sites for hydroxylation is 2. The smallest absolute Gasteiger partial charge is 0.259 e. The lowest BCUT2D eigenvalue weighted by Gasteiger charge is -2.04. The number of hydrogen-bond acceptors (Lipinski definition) is 3. The Morgan fingerprint density at radius 1 is 1.53 bits per heavy atom. The van der Waals surface area contributed by atoms with Gasteiger partial charge in [-0.3, -0.25) is 14.5 Å². The molecule has 0 aliphatic heterocycles. The molecule has 0 radical (unpaired) electrons. The normalized spacial score (nSPS) is 10.3. The van der Waals surface area contributed by atoms with Crippen LogP contribution < -0.4 is 5.32 Å². The van der Waals surface area contributed by atoms with Gasteiger partial charge in [0.05, 0.1) is 10.6 Å². The van der Waals surface area contributed by atoms with E-state index >= 15 is 0 Å². The van der Waals surface area contributed by atoms with Gasteiger partial charge in [-0.1, -0.05) is 11.6 Å². The number of rotatable bonds is 2. The fourth-order valence-corrected chi connectivity index (χ4v) is 1.65. The van der Waals surface area contributed by atoms with Gasteiger partial charge in [0, 0.05) is 31.2 Å². The van der Waals surface area contributed by atoms with E-state index in [0.29, 0.717) is 16.4 Å². The van der Waals surface area contributed by atoms with E-state index in [4.69, 9.17) is 11.6 Å². The third kappa shape index (κ3) is 2.62. The van der Waals surface area contributed by atoms with Gasteiger partial charge in [0.1, 0.15) is 0 Å². The highest BCUT2D eigenvalue weighted by Gasteiger charge is 2.12. The maximum Gasteiger partial charge on any atom is 0.259 e. The molecule has 2 rings (SSSR count). The lowest BCUT2D eigenvalue weighted by atomic mass is 10.2. The summed E-state index contributed by atoms with van der Waals surface area (Å²) in [5, 5.41) is 7.07. The molecule has 88 valence electrons. The van der Waals surface area contributed by atoms with Crippen molar-refractivity contribution < 1.29 is 4.79 Å². The van der Waals surface area contributed by atoms with Crippen molar-refractivity contribution in [2.24, 2.45) is 7.05 Å². The molecule has 0 saturated heterocycles. The van der Waals surface area contributed by atoms with Crippen LogP contribution in [0.1, 0.15) is 16.1 Å². The van der Waals surface area contributed by atoms with Crippen LogP contribution in [0.25, 0.3) is 0 Å². The van der Waals surface area contributed by atoms with Crippen molar-refractivity contribution in [3.8, 4) is 0 Å². The third-order valence-electron chi connectivity index (χ3n) is 2.19. The van der Waals surface area contributed by atoms with Crippen LogP contribution in [0.4, 0.5) is 5.82 Å². The molecular weight excluding hydrogens is 240 g/mol. The van der Waals surface area contributed by atoms with E-state index in [2.05, 4.69) is 15.4 Å². The Labute approximate surface area is 103 Å². The van der Waals surface area contributed by atoms with Crippen molar-refractivity contribution in [2.45, 2.75) is 6.92 Å². The van der Waals surface area contributed by atoms with Crippen molar-refractivity contribution in [3.05, 3.63) is 40.8 Å². The second-order valence-corrected chi connectivity index (χ2v) is 4.04. The number of carbonyl (C=O) groups excluding carboxylic acids is 1. The van der Waals surface area contributed by atoms with Gasteiger partial charge in [-0.15, -0.1) is 0 Å². The molecule has 1 N–H and O–H groups in total. The minimum atomic E-state index is -0.318. The number of anilines is 1. The summed E-state index contributed by atoms with van der Waals surface area (Å²) < 4.78 is 1.60. The minimum Gasteiger partial charge on any atom is -0.305 e. The Bertz CT molecular complexity index is 564. The summed E-state index contributed by atoms with van der Waals surface area (Å²) in [6.07, 6.45) is 3.19. The zero-order valence-corrected chi connectivity index (χ0v) is 10.2. The van der Waals surface area contributed by atoms with Gasteiger partial charge in [-0.2, -0.15) is 5.10 Å². The molecule has 5 nitrogen and oxygen atoms in total. The summed E-state index contributed by atoms with van der Waals surface area (Å²) in [5.74, 6) is 0.162. The SMILES string of the molecule is Cc1cc(Cl)c(C(=O)Nc2ccn(C)n2)cn1. The molecule has 2 aromatic heterocycles. The molecule has 0 atom stereocenters. The van der Waals surface area contributed by atoms with Crippen LogP contribution in [0.5, 0.6) is 0 Å². The summed E-state index contributed by atoms with van der Waals surface area (Å²) in [4.78, 5) is 15.9. The van der Waals surface area contributed by atoms with E-state index in [1.165, 1.54) is 6.20 Å². The van der Waals surface area contributed by atoms with Gasteiger partial charge < -0.3 is 5.32 Å². The summed E-state index contributed by atoms with van der Waals surface area (Å²) in [7, 11) is 1.77. The Kier molecular flexibility index (Phi) is 3.10. The number of nitrogens with zero attached hydrogens (tertiary/aromatic N) is 3. The zero-order chi connectivity index (χ0) is 12.4. The summed E-state index contributed by atoms with van der Waals surface area (Å²) in [6, 6.07) is 3.35. The fraction of sp³-hybridized carbons (Fsp3) is 0.182. The Morgan fingerprint density at radius 3 is 2.88 bits per heavy atom. The van der Waals surface area contributed by atoms with Gasteiger partial charge in [0.2, 0.25) is 0 Å². The molecular formula is C11H11ClN4O. The molecule has 0 aliphatic carbocycles. The summed E-state index contributed by atoms with van der Waals surface area (Å²) in [6.45, 7) is 1.81. The van der Waals surface area contributed by atoms with Gasteiger partial charge in [0.25, 0.3) is 5.91 Å². The van der Waals surface area contributed by atoms with Crippen molar-refractivity contribution in [2.75, 3.05) is 5.32 Å². The van der Waals surface area contributed by atoms with Crippen LogP contribution in [-0.2, 0) is 7.05 Å². The average molecular weight is 251 g/mol. The molecule has 0 spiro atoms.